The van der Waals surface area contributed by atoms with Gasteiger partial charge in [-0.3, -0.25) is 10.0 Å². The Balaban J connectivity index is 2.72. The molecule has 0 spiro atoms. The van der Waals surface area contributed by atoms with E-state index in [2.05, 4.69) is 0 Å². The number of amides is 1. The first-order valence-electron chi connectivity index (χ1n) is 3.69. The van der Waals surface area contributed by atoms with Gasteiger partial charge in [-0.05, 0) is 26.0 Å². The fourth-order valence-corrected chi connectivity index (χ4v) is 0.748. The molecule has 0 fully saturated rings. The van der Waals surface area contributed by atoms with E-state index in [-0.39, 0.29) is 11.8 Å². The van der Waals surface area contributed by atoms with Gasteiger partial charge in [-0.2, -0.15) is 0 Å². The van der Waals surface area contributed by atoms with E-state index in [0.717, 1.165) is 0 Å². The number of nitrogens with zero attached hydrogens (tertiary/aromatic N) is 1. The highest BCUT2D eigenvalue weighted by Crippen LogP contribution is 2.05. The molecule has 4 heteroatoms. The molecule has 1 aromatic heterocycles. The van der Waals surface area contributed by atoms with Crippen molar-refractivity contribution in [1.29, 1.82) is 0 Å². The minimum atomic E-state index is -0.519. The van der Waals surface area contributed by atoms with Gasteiger partial charge in [-0.15, -0.1) is 0 Å². The quantitative estimate of drug-likeness (QED) is 0.539. The molecular formula is C8H11NO3. The number of furan rings is 1. The van der Waals surface area contributed by atoms with Gasteiger partial charge in [0, 0.05) is 0 Å². The van der Waals surface area contributed by atoms with Crippen molar-refractivity contribution in [2.24, 2.45) is 0 Å². The van der Waals surface area contributed by atoms with Crippen LogP contribution in [0.2, 0.25) is 0 Å². The molecule has 1 N–H and O–H groups in total. The Morgan fingerprint density at radius 3 is 2.75 bits per heavy atom. The average molecular weight is 169 g/mol. The van der Waals surface area contributed by atoms with Crippen LogP contribution in [-0.2, 0) is 0 Å². The average Bonchev–Trinajstić information content (AvgIpc) is 2.53. The molecule has 1 rings (SSSR count). The van der Waals surface area contributed by atoms with Crippen LogP contribution in [0, 0.1) is 0 Å². The zero-order valence-corrected chi connectivity index (χ0v) is 7.02. The predicted molar refractivity (Wildman–Crippen MR) is 41.8 cm³/mol. The van der Waals surface area contributed by atoms with Gasteiger partial charge in [0.15, 0.2) is 5.76 Å². The van der Waals surface area contributed by atoms with E-state index in [4.69, 9.17) is 4.42 Å². The van der Waals surface area contributed by atoms with Crippen LogP contribution in [0.5, 0.6) is 0 Å². The first kappa shape index (κ1) is 8.80. The fourth-order valence-electron chi connectivity index (χ4n) is 0.748. The summed E-state index contributed by atoms with van der Waals surface area (Å²) in [7, 11) is 0. The molecule has 0 saturated carbocycles. The van der Waals surface area contributed by atoms with Crippen LogP contribution in [0.15, 0.2) is 22.8 Å². The molecule has 0 bridgehead atoms. The third-order valence-electron chi connectivity index (χ3n) is 1.43. The molecular weight excluding hydrogens is 158 g/mol. The smallest absolute Gasteiger partial charge is 0.313 e. The minimum absolute atomic E-state index is 0.145. The molecule has 1 aromatic rings. The molecule has 0 aliphatic heterocycles. The molecule has 0 saturated heterocycles. The molecule has 66 valence electrons. The highest BCUT2D eigenvalue weighted by Gasteiger charge is 2.18. The van der Waals surface area contributed by atoms with Crippen molar-refractivity contribution in [2.75, 3.05) is 0 Å². The summed E-state index contributed by atoms with van der Waals surface area (Å²) in [5.74, 6) is -0.374. The van der Waals surface area contributed by atoms with Crippen molar-refractivity contribution < 1.29 is 14.4 Å². The molecule has 0 aromatic carbocycles. The lowest BCUT2D eigenvalue weighted by Gasteiger charge is -2.16. The fraction of sp³-hybridized carbons (Fsp3) is 0.375. The Morgan fingerprint density at radius 2 is 2.33 bits per heavy atom. The lowest BCUT2D eigenvalue weighted by molar-refractivity contribution is -0.0811. The molecule has 0 aliphatic rings. The summed E-state index contributed by atoms with van der Waals surface area (Å²) < 4.78 is 4.82. The normalized spacial score (nSPS) is 10.3. The number of hydroxylamine groups is 2. The van der Waals surface area contributed by atoms with Crippen molar-refractivity contribution in [1.82, 2.24) is 5.06 Å². The zero-order valence-electron chi connectivity index (χ0n) is 7.02. The van der Waals surface area contributed by atoms with Gasteiger partial charge in [-0.1, -0.05) is 0 Å². The molecule has 0 atom stereocenters. The van der Waals surface area contributed by atoms with Gasteiger partial charge in [0.2, 0.25) is 0 Å². The Morgan fingerprint density at radius 1 is 1.67 bits per heavy atom. The van der Waals surface area contributed by atoms with E-state index in [9.17, 15) is 10.0 Å². The first-order chi connectivity index (χ1) is 5.63. The monoisotopic (exact) mass is 169 g/mol. The van der Waals surface area contributed by atoms with E-state index >= 15 is 0 Å². The zero-order chi connectivity index (χ0) is 9.14. The Labute approximate surface area is 70.4 Å². The maximum Gasteiger partial charge on any atom is 0.313 e. The predicted octanol–water partition coefficient (Wildman–Crippen LogP) is 1.52. The Kier molecular flexibility index (Phi) is 2.50. The molecule has 1 heterocycles. The van der Waals surface area contributed by atoms with Gasteiger partial charge < -0.3 is 4.42 Å². The van der Waals surface area contributed by atoms with Crippen LogP contribution >= 0.6 is 0 Å². The molecule has 12 heavy (non-hydrogen) atoms. The third-order valence-corrected chi connectivity index (χ3v) is 1.43. The van der Waals surface area contributed by atoms with Crippen molar-refractivity contribution in [2.45, 2.75) is 19.9 Å². The second kappa shape index (κ2) is 3.40. The van der Waals surface area contributed by atoms with Crippen molar-refractivity contribution in [3.8, 4) is 0 Å². The minimum Gasteiger partial charge on any atom is -0.459 e. The van der Waals surface area contributed by atoms with Crippen LogP contribution in [0.4, 0.5) is 0 Å². The SMILES string of the molecule is CC(C)N(O)C(=O)c1ccco1. The van der Waals surface area contributed by atoms with Crippen LogP contribution in [0.1, 0.15) is 24.4 Å². The molecule has 4 nitrogen and oxygen atoms in total. The molecule has 0 aliphatic carbocycles. The number of carbonyl (C=O) groups is 1. The summed E-state index contributed by atoms with van der Waals surface area (Å²) >= 11 is 0. The van der Waals surface area contributed by atoms with Crippen molar-refractivity contribution in [3.05, 3.63) is 24.2 Å². The summed E-state index contributed by atoms with van der Waals surface area (Å²) in [6.07, 6.45) is 1.39. The van der Waals surface area contributed by atoms with E-state index in [0.29, 0.717) is 5.06 Å². The standard InChI is InChI=1S/C8H11NO3/c1-6(2)9(11)8(10)7-4-3-5-12-7/h3-6,11H,1-2H3. The lowest BCUT2D eigenvalue weighted by atomic mass is 10.3. The van der Waals surface area contributed by atoms with Crippen molar-refractivity contribution in [3.63, 3.8) is 0 Å². The van der Waals surface area contributed by atoms with Gasteiger partial charge in [0.1, 0.15) is 0 Å². The van der Waals surface area contributed by atoms with Gasteiger partial charge in [0.05, 0.1) is 12.3 Å². The second-order valence-corrected chi connectivity index (χ2v) is 2.72. The van der Waals surface area contributed by atoms with E-state index in [1.807, 2.05) is 0 Å². The second-order valence-electron chi connectivity index (χ2n) is 2.72. The van der Waals surface area contributed by atoms with E-state index in [1.165, 1.54) is 12.3 Å². The summed E-state index contributed by atoms with van der Waals surface area (Å²) in [6, 6.07) is 2.86. The summed E-state index contributed by atoms with van der Waals surface area (Å²) in [6.45, 7) is 3.42. The Bertz CT molecular complexity index is 253. The topological polar surface area (TPSA) is 53.7 Å². The van der Waals surface area contributed by atoms with Crippen LogP contribution < -0.4 is 0 Å². The lowest BCUT2D eigenvalue weighted by Crippen LogP contribution is -2.33. The summed E-state index contributed by atoms with van der Waals surface area (Å²) in [4.78, 5) is 11.2. The van der Waals surface area contributed by atoms with Gasteiger partial charge in [0.25, 0.3) is 0 Å². The largest absolute Gasteiger partial charge is 0.459 e. The molecule has 1 amide bonds. The first-order valence-corrected chi connectivity index (χ1v) is 3.69. The van der Waals surface area contributed by atoms with E-state index < -0.39 is 5.91 Å². The maximum absolute atomic E-state index is 11.2. The molecule has 0 radical (unpaired) electrons. The number of hydrogen-bond acceptors (Lipinski definition) is 3. The number of rotatable bonds is 2. The Hall–Kier alpha value is -1.29. The van der Waals surface area contributed by atoms with Crippen LogP contribution in [0.25, 0.3) is 0 Å². The number of carbonyl (C=O) groups excluding carboxylic acids is 1. The number of hydrogen-bond donors (Lipinski definition) is 1. The van der Waals surface area contributed by atoms with Gasteiger partial charge in [-0.25, -0.2) is 5.06 Å². The van der Waals surface area contributed by atoms with Crippen LogP contribution in [0.3, 0.4) is 0 Å². The third kappa shape index (κ3) is 1.65. The summed E-state index contributed by atoms with van der Waals surface area (Å²) in [5, 5.41) is 9.83. The van der Waals surface area contributed by atoms with Crippen molar-refractivity contribution >= 4 is 5.91 Å². The summed E-state index contributed by atoms with van der Waals surface area (Å²) in [5.41, 5.74) is 0. The highest BCUT2D eigenvalue weighted by atomic mass is 16.5. The maximum atomic E-state index is 11.2. The highest BCUT2D eigenvalue weighted by molar-refractivity contribution is 5.90. The van der Waals surface area contributed by atoms with E-state index in [1.54, 1.807) is 19.9 Å². The molecule has 0 unspecified atom stereocenters. The van der Waals surface area contributed by atoms with Gasteiger partial charge >= 0.3 is 5.91 Å². The van der Waals surface area contributed by atoms with Crippen LogP contribution in [-0.4, -0.2) is 22.2 Å².